The molecule has 3 nitrogen and oxygen atoms in total. The van der Waals surface area contributed by atoms with Crippen molar-refractivity contribution in [2.24, 2.45) is 0 Å². The van der Waals surface area contributed by atoms with Gasteiger partial charge in [-0.15, -0.1) is 0 Å². The Morgan fingerprint density at radius 3 is 3.06 bits per heavy atom. The fourth-order valence-corrected chi connectivity index (χ4v) is 1.82. The van der Waals surface area contributed by atoms with Crippen molar-refractivity contribution in [2.75, 3.05) is 26.8 Å². The summed E-state index contributed by atoms with van der Waals surface area (Å²) in [6, 6.07) is 8.28. The molecule has 18 heavy (non-hydrogen) atoms. The summed E-state index contributed by atoms with van der Waals surface area (Å²) in [5, 5.41) is 5.68. The lowest BCUT2D eigenvalue weighted by molar-refractivity contribution is 0.200. The average Bonchev–Trinajstić information content (AvgIpc) is 2.43. The molecule has 0 aliphatic carbocycles. The molecule has 0 saturated heterocycles. The number of aromatic nitrogens is 1. The third kappa shape index (κ3) is 3.39. The van der Waals surface area contributed by atoms with Crippen molar-refractivity contribution in [3.8, 4) is 0 Å². The second kappa shape index (κ2) is 6.89. The number of hydrogen-bond acceptors (Lipinski definition) is 3. The van der Waals surface area contributed by atoms with Gasteiger partial charge in [-0.1, -0.05) is 36.4 Å². The molecule has 1 N–H and O–H groups in total. The summed E-state index contributed by atoms with van der Waals surface area (Å²) in [7, 11) is 1.71. The Morgan fingerprint density at radius 1 is 1.28 bits per heavy atom. The maximum atomic E-state index is 4.97. The van der Waals surface area contributed by atoms with Crippen LogP contribution in [0.1, 0.15) is 5.56 Å². The molecule has 2 rings (SSSR count). The molecule has 3 heteroatoms. The van der Waals surface area contributed by atoms with Crippen LogP contribution in [0.3, 0.4) is 0 Å². The second-order valence-electron chi connectivity index (χ2n) is 4.05. The summed E-state index contributed by atoms with van der Waals surface area (Å²) in [4.78, 5) is 4.25. The van der Waals surface area contributed by atoms with Crippen LogP contribution in [0.15, 0.2) is 42.7 Å². The van der Waals surface area contributed by atoms with E-state index in [0.717, 1.165) is 25.3 Å². The van der Waals surface area contributed by atoms with Crippen LogP contribution in [-0.2, 0) is 4.74 Å². The Balaban J connectivity index is 2.01. The van der Waals surface area contributed by atoms with Gasteiger partial charge in [-0.25, -0.2) is 0 Å². The van der Waals surface area contributed by atoms with Gasteiger partial charge in [0.2, 0.25) is 0 Å². The second-order valence-corrected chi connectivity index (χ2v) is 4.05. The Bertz CT molecular complexity index is 517. The molecule has 0 unspecified atom stereocenters. The lowest BCUT2D eigenvalue weighted by atomic mass is 10.1. The summed E-state index contributed by atoms with van der Waals surface area (Å²) in [6.07, 6.45) is 8.01. The standard InChI is InChI=1S/C15H18N2O/c1-18-10-9-16-8-4-6-14-12-17-11-13-5-2-3-7-15(13)14/h2-7,11-12,16H,8-10H2,1H3/b6-4+. The van der Waals surface area contributed by atoms with Crippen molar-refractivity contribution in [2.45, 2.75) is 0 Å². The Morgan fingerprint density at radius 2 is 2.17 bits per heavy atom. The molecule has 0 radical (unpaired) electrons. The highest BCUT2D eigenvalue weighted by atomic mass is 16.5. The molecule has 94 valence electrons. The molecule has 0 spiro atoms. The zero-order chi connectivity index (χ0) is 12.6. The first-order chi connectivity index (χ1) is 8.92. The molecule has 0 aliphatic heterocycles. The van der Waals surface area contributed by atoms with Gasteiger partial charge in [0.1, 0.15) is 0 Å². The molecule has 2 aromatic rings. The molecule has 0 fully saturated rings. The highest BCUT2D eigenvalue weighted by molar-refractivity contribution is 5.89. The van der Waals surface area contributed by atoms with Gasteiger partial charge in [0.25, 0.3) is 0 Å². The van der Waals surface area contributed by atoms with Crippen molar-refractivity contribution in [3.63, 3.8) is 0 Å². The van der Waals surface area contributed by atoms with E-state index in [-0.39, 0.29) is 0 Å². The molecule has 1 heterocycles. The zero-order valence-corrected chi connectivity index (χ0v) is 10.6. The van der Waals surface area contributed by atoms with Crippen molar-refractivity contribution < 1.29 is 4.74 Å². The van der Waals surface area contributed by atoms with Crippen LogP contribution < -0.4 is 5.32 Å². The first-order valence-electron chi connectivity index (χ1n) is 6.11. The molecule has 1 aromatic heterocycles. The van der Waals surface area contributed by atoms with Gasteiger partial charge in [0.05, 0.1) is 6.61 Å². The van der Waals surface area contributed by atoms with E-state index in [0.29, 0.717) is 0 Å². The minimum atomic E-state index is 0.740. The quantitative estimate of drug-likeness (QED) is 0.790. The van der Waals surface area contributed by atoms with Crippen LogP contribution in [0.2, 0.25) is 0 Å². The Labute approximate surface area is 107 Å². The lowest BCUT2D eigenvalue weighted by Gasteiger charge is -2.02. The lowest BCUT2D eigenvalue weighted by Crippen LogP contribution is -2.18. The average molecular weight is 242 g/mol. The predicted molar refractivity (Wildman–Crippen MR) is 75.5 cm³/mol. The highest BCUT2D eigenvalue weighted by Gasteiger charge is 1.96. The molecular weight excluding hydrogens is 224 g/mol. The van der Waals surface area contributed by atoms with Crippen LogP contribution >= 0.6 is 0 Å². The topological polar surface area (TPSA) is 34.1 Å². The highest BCUT2D eigenvalue weighted by Crippen LogP contribution is 2.17. The molecule has 0 atom stereocenters. The van der Waals surface area contributed by atoms with Crippen LogP contribution in [-0.4, -0.2) is 31.8 Å². The first kappa shape index (κ1) is 12.7. The minimum absolute atomic E-state index is 0.740. The zero-order valence-electron chi connectivity index (χ0n) is 10.6. The van der Waals surface area contributed by atoms with Crippen molar-refractivity contribution in [1.82, 2.24) is 10.3 Å². The number of ether oxygens (including phenoxy) is 1. The van der Waals surface area contributed by atoms with Crippen LogP contribution in [0.4, 0.5) is 0 Å². The smallest absolute Gasteiger partial charge is 0.0587 e. The molecule has 0 aliphatic rings. The van der Waals surface area contributed by atoms with Gasteiger partial charge in [-0.05, 0) is 5.39 Å². The number of pyridine rings is 1. The van der Waals surface area contributed by atoms with E-state index in [1.807, 2.05) is 18.5 Å². The number of rotatable bonds is 6. The third-order valence-corrected chi connectivity index (χ3v) is 2.74. The van der Waals surface area contributed by atoms with Crippen molar-refractivity contribution in [1.29, 1.82) is 0 Å². The van der Waals surface area contributed by atoms with Crippen LogP contribution in [0, 0.1) is 0 Å². The fraction of sp³-hybridized carbons (Fsp3) is 0.267. The van der Waals surface area contributed by atoms with Gasteiger partial charge in [-0.3, -0.25) is 4.98 Å². The predicted octanol–water partition coefficient (Wildman–Crippen LogP) is 2.48. The van der Waals surface area contributed by atoms with E-state index < -0.39 is 0 Å². The first-order valence-corrected chi connectivity index (χ1v) is 6.11. The van der Waals surface area contributed by atoms with Gasteiger partial charge in [-0.2, -0.15) is 0 Å². The molecule has 0 bridgehead atoms. The van der Waals surface area contributed by atoms with Gasteiger partial charge in [0, 0.05) is 43.5 Å². The Hall–Kier alpha value is -1.71. The van der Waals surface area contributed by atoms with E-state index in [1.54, 1.807) is 7.11 Å². The number of hydrogen-bond donors (Lipinski definition) is 1. The van der Waals surface area contributed by atoms with Crippen molar-refractivity contribution >= 4 is 16.8 Å². The summed E-state index contributed by atoms with van der Waals surface area (Å²) in [5.41, 5.74) is 1.15. The number of benzene rings is 1. The van der Waals surface area contributed by atoms with Crippen LogP contribution in [0.5, 0.6) is 0 Å². The summed E-state index contributed by atoms with van der Waals surface area (Å²) in [5.74, 6) is 0. The van der Waals surface area contributed by atoms with Gasteiger partial charge in [0.15, 0.2) is 0 Å². The maximum Gasteiger partial charge on any atom is 0.0587 e. The number of nitrogens with one attached hydrogen (secondary N) is 1. The largest absolute Gasteiger partial charge is 0.383 e. The number of methoxy groups -OCH3 is 1. The summed E-state index contributed by atoms with van der Waals surface area (Å²) < 4.78 is 4.97. The van der Waals surface area contributed by atoms with Gasteiger partial charge < -0.3 is 10.1 Å². The van der Waals surface area contributed by atoms with E-state index in [1.165, 1.54) is 10.8 Å². The Kier molecular flexibility index (Phi) is 4.88. The van der Waals surface area contributed by atoms with Crippen molar-refractivity contribution in [3.05, 3.63) is 48.3 Å². The van der Waals surface area contributed by atoms with E-state index in [4.69, 9.17) is 4.74 Å². The molecule has 0 saturated carbocycles. The monoisotopic (exact) mass is 242 g/mol. The maximum absolute atomic E-state index is 4.97. The SMILES string of the molecule is COCCNC/C=C/c1cncc2ccccc12. The number of fused-ring (bicyclic) bond motifs is 1. The van der Waals surface area contributed by atoms with E-state index >= 15 is 0 Å². The number of nitrogens with zero attached hydrogens (tertiary/aromatic N) is 1. The van der Waals surface area contributed by atoms with E-state index in [2.05, 4.69) is 40.7 Å². The molecular formula is C15H18N2O. The van der Waals surface area contributed by atoms with Crippen LogP contribution in [0.25, 0.3) is 16.8 Å². The molecule has 0 amide bonds. The van der Waals surface area contributed by atoms with E-state index in [9.17, 15) is 0 Å². The summed E-state index contributed by atoms with van der Waals surface area (Å²) in [6.45, 7) is 2.45. The van der Waals surface area contributed by atoms with Gasteiger partial charge >= 0.3 is 0 Å². The normalized spacial score (nSPS) is 11.4. The minimum Gasteiger partial charge on any atom is -0.383 e. The molecule has 1 aromatic carbocycles. The third-order valence-electron chi connectivity index (χ3n) is 2.74. The fourth-order valence-electron chi connectivity index (χ4n) is 1.82. The summed E-state index contributed by atoms with van der Waals surface area (Å²) >= 11 is 0.